The first-order valence-electron chi connectivity index (χ1n) is 4.41. The summed E-state index contributed by atoms with van der Waals surface area (Å²) in [6.07, 6.45) is 0. The normalized spacial score (nSPS) is 11.1. The number of fused-ring (bicyclic) bond motifs is 1. The molecule has 1 aromatic heterocycles. The molecule has 0 atom stereocenters. The van der Waals surface area contributed by atoms with Crippen molar-refractivity contribution in [2.75, 3.05) is 7.05 Å². The summed E-state index contributed by atoms with van der Waals surface area (Å²) >= 11 is 6.07. The van der Waals surface area contributed by atoms with E-state index in [2.05, 4.69) is 10.3 Å². The number of halogens is 1. The zero-order valence-electron chi connectivity index (χ0n) is 8.10. The molecule has 3 nitrogen and oxygen atoms in total. The average Bonchev–Trinajstić information content (AvgIpc) is 2.45. The molecule has 0 spiro atoms. The average molecular weight is 211 g/mol. The molecule has 0 fully saturated rings. The van der Waals surface area contributed by atoms with E-state index in [4.69, 9.17) is 16.0 Å². The van der Waals surface area contributed by atoms with Crippen LogP contribution in [0.5, 0.6) is 0 Å². The van der Waals surface area contributed by atoms with Gasteiger partial charge in [0.1, 0.15) is 5.52 Å². The molecule has 1 aromatic carbocycles. The second kappa shape index (κ2) is 3.59. The molecular formula is C10H11ClN2O. The lowest BCUT2D eigenvalue weighted by Crippen LogP contribution is -2.05. The minimum absolute atomic E-state index is 0.665. The topological polar surface area (TPSA) is 38.1 Å². The Kier molecular flexibility index (Phi) is 2.44. The smallest absolute Gasteiger partial charge is 0.192 e. The lowest BCUT2D eigenvalue weighted by molar-refractivity contribution is 0.560. The first kappa shape index (κ1) is 9.49. The van der Waals surface area contributed by atoms with Gasteiger partial charge in [-0.1, -0.05) is 11.6 Å². The van der Waals surface area contributed by atoms with Crippen LogP contribution >= 0.6 is 11.6 Å². The second-order valence-corrected chi connectivity index (χ2v) is 3.58. The van der Waals surface area contributed by atoms with Crippen molar-refractivity contribution >= 4 is 22.7 Å². The van der Waals surface area contributed by atoms with Crippen molar-refractivity contribution in [3.05, 3.63) is 28.6 Å². The molecule has 0 saturated heterocycles. The second-order valence-electron chi connectivity index (χ2n) is 3.17. The van der Waals surface area contributed by atoms with E-state index in [9.17, 15) is 0 Å². The van der Waals surface area contributed by atoms with E-state index in [1.165, 1.54) is 0 Å². The summed E-state index contributed by atoms with van der Waals surface area (Å²) in [5.74, 6) is 0.665. The summed E-state index contributed by atoms with van der Waals surface area (Å²) in [6.45, 7) is 2.56. The van der Waals surface area contributed by atoms with Crippen molar-refractivity contribution < 1.29 is 4.42 Å². The summed E-state index contributed by atoms with van der Waals surface area (Å²) in [5.41, 5.74) is 2.63. The molecule has 0 saturated carbocycles. The Bertz CT molecular complexity index is 464. The molecule has 0 bridgehead atoms. The van der Waals surface area contributed by atoms with Crippen molar-refractivity contribution in [3.63, 3.8) is 0 Å². The number of oxazole rings is 1. The van der Waals surface area contributed by atoms with Gasteiger partial charge >= 0.3 is 0 Å². The number of benzene rings is 1. The number of nitrogens with one attached hydrogen (secondary N) is 1. The van der Waals surface area contributed by atoms with Gasteiger partial charge in [-0.15, -0.1) is 0 Å². The molecule has 1 N–H and O–H groups in total. The molecule has 74 valence electrons. The predicted molar refractivity (Wildman–Crippen MR) is 56.5 cm³/mol. The van der Waals surface area contributed by atoms with Crippen molar-refractivity contribution in [2.45, 2.75) is 13.5 Å². The molecule has 0 radical (unpaired) electrons. The predicted octanol–water partition coefficient (Wildman–Crippen LogP) is 2.51. The number of aromatic nitrogens is 1. The van der Waals surface area contributed by atoms with Crippen LogP contribution in [0.25, 0.3) is 11.1 Å². The van der Waals surface area contributed by atoms with Gasteiger partial charge in [0.2, 0.25) is 0 Å². The lowest BCUT2D eigenvalue weighted by atomic mass is 10.2. The van der Waals surface area contributed by atoms with Gasteiger partial charge in [0.05, 0.1) is 0 Å². The summed E-state index contributed by atoms with van der Waals surface area (Å²) in [4.78, 5) is 4.20. The minimum Gasteiger partial charge on any atom is -0.441 e. The van der Waals surface area contributed by atoms with Crippen molar-refractivity contribution in [3.8, 4) is 0 Å². The van der Waals surface area contributed by atoms with Gasteiger partial charge in [0.15, 0.2) is 11.5 Å². The molecule has 0 aliphatic heterocycles. The summed E-state index contributed by atoms with van der Waals surface area (Å²) in [7, 11) is 1.88. The molecule has 0 aliphatic rings. The Labute approximate surface area is 87.1 Å². The van der Waals surface area contributed by atoms with Crippen LogP contribution in [0.1, 0.15) is 11.5 Å². The van der Waals surface area contributed by atoms with Crippen LogP contribution in [-0.2, 0) is 6.54 Å². The molecule has 14 heavy (non-hydrogen) atoms. The van der Waals surface area contributed by atoms with Crippen molar-refractivity contribution in [1.29, 1.82) is 0 Å². The van der Waals surface area contributed by atoms with Gasteiger partial charge in [-0.3, -0.25) is 0 Å². The largest absolute Gasteiger partial charge is 0.441 e. The van der Waals surface area contributed by atoms with Crippen LogP contribution in [-0.4, -0.2) is 12.0 Å². The first-order valence-corrected chi connectivity index (χ1v) is 4.78. The number of rotatable bonds is 2. The summed E-state index contributed by atoms with van der Waals surface area (Å²) in [5, 5.41) is 3.77. The zero-order valence-corrected chi connectivity index (χ0v) is 8.85. The van der Waals surface area contributed by atoms with E-state index < -0.39 is 0 Å². The van der Waals surface area contributed by atoms with Crippen LogP contribution in [0.2, 0.25) is 5.02 Å². The third kappa shape index (κ3) is 1.61. The molecular weight excluding hydrogens is 200 g/mol. The Hall–Kier alpha value is -1.06. The molecule has 0 amide bonds. The van der Waals surface area contributed by atoms with E-state index in [1.54, 1.807) is 0 Å². The van der Waals surface area contributed by atoms with Gasteiger partial charge in [0, 0.05) is 18.5 Å². The maximum absolute atomic E-state index is 6.07. The fraction of sp³-hybridized carbons (Fsp3) is 0.300. The highest BCUT2D eigenvalue weighted by Crippen LogP contribution is 2.24. The molecule has 2 aromatic rings. The summed E-state index contributed by atoms with van der Waals surface area (Å²) < 4.78 is 5.41. The molecule has 4 heteroatoms. The van der Waals surface area contributed by atoms with E-state index in [0.29, 0.717) is 5.89 Å². The fourth-order valence-corrected chi connectivity index (χ4v) is 1.66. The Balaban J connectivity index is 2.58. The third-order valence-corrected chi connectivity index (χ3v) is 2.38. The van der Waals surface area contributed by atoms with Crippen molar-refractivity contribution in [1.82, 2.24) is 10.3 Å². The maximum Gasteiger partial charge on any atom is 0.192 e. The number of nitrogens with zero attached hydrogens (tertiary/aromatic N) is 1. The zero-order chi connectivity index (χ0) is 10.1. The van der Waals surface area contributed by atoms with Crippen LogP contribution in [0.4, 0.5) is 0 Å². The highest BCUT2D eigenvalue weighted by Gasteiger charge is 2.07. The van der Waals surface area contributed by atoms with Gasteiger partial charge < -0.3 is 9.73 Å². The Morgan fingerprint density at radius 3 is 3.00 bits per heavy atom. The highest BCUT2D eigenvalue weighted by atomic mass is 35.5. The van der Waals surface area contributed by atoms with E-state index in [1.807, 2.05) is 26.1 Å². The van der Waals surface area contributed by atoms with Gasteiger partial charge in [0.25, 0.3) is 0 Å². The van der Waals surface area contributed by atoms with Gasteiger partial charge in [-0.05, 0) is 24.7 Å². The molecule has 0 unspecified atom stereocenters. The van der Waals surface area contributed by atoms with Gasteiger partial charge in [-0.25, -0.2) is 4.98 Å². The Morgan fingerprint density at radius 2 is 2.29 bits per heavy atom. The van der Waals surface area contributed by atoms with Gasteiger partial charge in [-0.2, -0.15) is 0 Å². The van der Waals surface area contributed by atoms with E-state index in [0.717, 1.165) is 28.2 Å². The van der Waals surface area contributed by atoms with Crippen LogP contribution in [0.15, 0.2) is 16.5 Å². The van der Waals surface area contributed by atoms with Crippen molar-refractivity contribution in [2.24, 2.45) is 0 Å². The van der Waals surface area contributed by atoms with E-state index in [-0.39, 0.29) is 0 Å². The van der Waals surface area contributed by atoms with Crippen LogP contribution < -0.4 is 5.32 Å². The summed E-state index contributed by atoms with van der Waals surface area (Å²) in [6, 6.07) is 3.76. The Morgan fingerprint density at radius 1 is 1.50 bits per heavy atom. The highest BCUT2D eigenvalue weighted by molar-refractivity contribution is 6.32. The third-order valence-electron chi connectivity index (χ3n) is 2.03. The first-order chi connectivity index (χ1) is 6.70. The lowest BCUT2D eigenvalue weighted by Gasteiger charge is -2.01. The van der Waals surface area contributed by atoms with Crippen LogP contribution in [0, 0.1) is 6.92 Å². The molecule has 1 heterocycles. The number of hydrogen-bond donors (Lipinski definition) is 1. The van der Waals surface area contributed by atoms with E-state index >= 15 is 0 Å². The number of aryl methyl sites for hydroxylation is 1. The quantitative estimate of drug-likeness (QED) is 0.828. The molecule has 2 rings (SSSR count). The number of hydrogen-bond acceptors (Lipinski definition) is 3. The minimum atomic E-state index is 0.665. The fourth-order valence-electron chi connectivity index (χ4n) is 1.43. The van der Waals surface area contributed by atoms with Crippen LogP contribution in [0.3, 0.4) is 0 Å². The maximum atomic E-state index is 6.07. The monoisotopic (exact) mass is 210 g/mol. The molecule has 0 aliphatic carbocycles. The SMILES string of the molecule is CNCc1cc2oc(C)nc2cc1Cl. The standard InChI is InChI=1S/C10H11ClN2O/c1-6-13-9-4-8(11)7(5-12-2)3-10(9)14-6/h3-4,12H,5H2,1-2H3.